The molecule has 0 unspecified atom stereocenters. The maximum Gasteiger partial charge on any atom is 0.210 e. The molecule has 0 atom stereocenters. The predicted octanol–water partition coefficient (Wildman–Crippen LogP) is 3.26. The third-order valence-electron chi connectivity index (χ3n) is 3.37. The van der Waals surface area contributed by atoms with Crippen molar-refractivity contribution < 1.29 is 13.5 Å². The Hall–Kier alpha value is -2.48. The Morgan fingerprint density at radius 1 is 1.25 bits per heavy atom. The van der Waals surface area contributed by atoms with Crippen molar-refractivity contribution in [2.24, 2.45) is 0 Å². The maximum absolute atomic E-state index is 12.8. The number of hydrogen-bond donors (Lipinski definition) is 1. The van der Waals surface area contributed by atoms with E-state index in [1.165, 1.54) is 28.6 Å². The number of aromatic nitrogens is 3. The van der Waals surface area contributed by atoms with Gasteiger partial charge in [0, 0.05) is 5.75 Å². The van der Waals surface area contributed by atoms with Crippen molar-refractivity contribution >= 4 is 11.8 Å². The number of halogens is 1. The van der Waals surface area contributed by atoms with Crippen LogP contribution < -0.4 is 10.6 Å². The smallest absolute Gasteiger partial charge is 0.210 e. The molecule has 0 bridgehead atoms. The molecule has 0 saturated heterocycles. The van der Waals surface area contributed by atoms with Crippen LogP contribution in [0.4, 0.5) is 4.39 Å². The fourth-order valence-corrected chi connectivity index (χ4v) is 2.89. The molecule has 0 aliphatic rings. The van der Waals surface area contributed by atoms with Crippen LogP contribution in [0.15, 0.2) is 46.2 Å². The highest BCUT2D eigenvalue weighted by Crippen LogP contribution is 2.25. The Bertz CT molecular complexity index is 801. The van der Waals surface area contributed by atoms with Crippen LogP contribution in [-0.2, 0) is 0 Å². The molecule has 0 aliphatic carbocycles. The molecule has 3 aromatic rings. The molecule has 0 amide bonds. The van der Waals surface area contributed by atoms with Crippen LogP contribution >= 0.6 is 11.8 Å². The lowest BCUT2D eigenvalue weighted by atomic mass is 10.2. The zero-order chi connectivity index (χ0) is 16.9. The molecule has 0 fully saturated rings. The fourth-order valence-electron chi connectivity index (χ4n) is 2.12. The zero-order valence-corrected chi connectivity index (χ0v) is 13.9. The Morgan fingerprint density at radius 2 is 2.04 bits per heavy atom. The molecule has 0 aliphatic heterocycles. The molecule has 2 heterocycles. The van der Waals surface area contributed by atoms with E-state index in [-0.39, 0.29) is 5.82 Å². The lowest BCUT2D eigenvalue weighted by Gasteiger charge is -2.06. The van der Waals surface area contributed by atoms with Crippen molar-refractivity contribution in [2.75, 3.05) is 18.2 Å². The number of furan rings is 1. The second-order valence-electron chi connectivity index (χ2n) is 5.07. The van der Waals surface area contributed by atoms with Crippen molar-refractivity contribution in [3.05, 3.63) is 48.2 Å². The van der Waals surface area contributed by atoms with Crippen LogP contribution in [0.1, 0.15) is 12.2 Å². The van der Waals surface area contributed by atoms with E-state index in [4.69, 9.17) is 15.0 Å². The molecule has 8 heteroatoms. The van der Waals surface area contributed by atoms with E-state index in [2.05, 4.69) is 10.2 Å². The van der Waals surface area contributed by atoms with Crippen molar-refractivity contribution in [1.82, 2.24) is 14.9 Å². The molecular formula is C16H17FN4O2S. The number of hydrogen-bond acceptors (Lipinski definition) is 6. The standard InChI is InChI=1S/C16H17FN4O2S/c1-11-14(7-9-22-11)15-19-20-16(21(15)18)24-10-2-8-23-13-5-3-12(17)4-6-13/h3-7,9H,2,8,10,18H2,1H3. The maximum atomic E-state index is 12.8. The van der Waals surface area contributed by atoms with Gasteiger partial charge in [-0.25, -0.2) is 9.07 Å². The Kier molecular flexibility index (Phi) is 5.05. The molecule has 0 spiro atoms. The number of benzene rings is 1. The number of rotatable bonds is 7. The van der Waals surface area contributed by atoms with Crippen LogP contribution in [-0.4, -0.2) is 27.2 Å². The van der Waals surface area contributed by atoms with Crippen LogP contribution in [0.25, 0.3) is 11.4 Å². The highest BCUT2D eigenvalue weighted by Gasteiger charge is 2.15. The molecule has 2 N–H and O–H groups in total. The molecule has 1 aromatic carbocycles. The minimum absolute atomic E-state index is 0.274. The van der Waals surface area contributed by atoms with Crippen LogP contribution in [0, 0.1) is 12.7 Å². The average Bonchev–Trinajstić information content (AvgIpc) is 3.15. The molecule has 126 valence electrons. The summed E-state index contributed by atoms with van der Waals surface area (Å²) in [7, 11) is 0. The molecule has 6 nitrogen and oxygen atoms in total. The summed E-state index contributed by atoms with van der Waals surface area (Å²) in [5, 5.41) is 8.85. The SMILES string of the molecule is Cc1occc1-c1nnc(SCCCOc2ccc(F)cc2)n1N. The largest absolute Gasteiger partial charge is 0.494 e. The number of ether oxygens (including phenoxy) is 1. The van der Waals surface area contributed by atoms with Gasteiger partial charge < -0.3 is 15.0 Å². The lowest BCUT2D eigenvalue weighted by molar-refractivity contribution is 0.318. The fraction of sp³-hybridized carbons (Fsp3) is 0.250. The van der Waals surface area contributed by atoms with E-state index >= 15 is 0 Å². The van der Waals surface area contributed by atoms with Gasteiger partial charge in [-0.3, -0.25) is 0 Å². The third kappa shape index (κ3) is 3.70. The van der Waals surface area contributed by atoms with Gasteiger partial charge in [-0.15, -0.1) is 10.2 Å². The quantitative estimate of drug-likeness (QED) is 0.401. The number of nitrogens with two attached hydrogens (primary N) is 1. The van der Waals surface area contributed by atoms with Gasteiger partial charge in [0.15, 0.2) is 5.82 Å². The minimum Gasteiger partial charge on any atom is -0.494 e. The Balaban J connectivity index is 1.48. The first-order valence-corrected chi connectivity index (χ1v) is 8.40. The first kappa shape index (κ1) is 16.4. The van der Waals surface area contributed by atoms with E-state index in [1.807, 2.05) is 13.0 Å². The van der Waals surface area contributed by atoms with Crippen molar-refractivity contribution in [3.63, 3.8) is 0 Å². The van der Waals surface area contributed by atoms with Crippen LogP contribution in [0.3, 0.4) is 0 Å². The Morgan fingerprint density at radius 3 is 2.75 bits per heavy atom. The monoisotopic (exact) mass is 348 g/mol. The van der Waals surface area contributed by atoms with E-state index in [1.54, 1.807) is 18.4 Å². The van der Waals surface area contributed by atoms with Crippen molar-refractivity contribution in [1.29, 1.82) is 0 Å². The first-order chi connectivity index (χ1) is 11.6. The normalized spacial score (nSPS) is 10.9. The summed E-state index contributed by atoms with van der Waals surface area (Å²) in [6.07, 6.45) is 2.40. The lowest BCUT2D eigenvalue weighted by Crippen LogP contribution is -2.12. The average molecular weight is 348 g/mol. The van der Waals surface area contributed by atoms with E-state index < -0.39 is 0 Å². The Labute approximate surface area is 142 Å². The summed E-state index contributed by atoms with van der Waals surface area (Å²) < 4.78 is 25.1. The van der Waals surface area contributed by atoms with Crippen LogP contribution in [0.5, 0.6) is 5.75 Å². The number of aryl methyl sites for hydroxylation is 1. The summed E-state index contributed by atoms with van der Waals surface area (Å²) in [5.41, 5.74) is 0.830. The molecule has 3 rings (SSSR count). The molecular weight excluding hydrogens is 331 g/mol. The van der Waals surface area contributed by atoms with Gasteiger partial charge >= 0.3 is 0 Å². The van der Waals surface area contributed by atoms with Gasteiger partial charge in [-0.2, -0.15) is 0 Å². The number of nitrogens with zero attached hydrogens (tertiary/aromatic N) is 3. The first-order valence-electron chi connectivity index (χ1n) is 7.41. The van der Waals surface area contributed by atoms with Gasteiger partial charge in [-0.1, -0.05) is 11.8 Å². The zero-order valence-electron chi connectivity index (χ0n) is 13.1. The summed E-state index contributed by atoms with van der Waals surface area (Å²) in [6, 6.07) is 7.78. The van der Waals surface area contributed by atoms with E-state index in [9.17, 15) is 4.39 Å². The highest BCUT2D eigenvalue weighted by atomic mass is 32.2. The second kappa shape index (κ2) is 7.39. The molecule has 0 radical (unpaired) electrons. The van der Waals surface area contributed by atoms with Crippen molar-refractivity contribution in [3.8, 4) is 17.1 Å². The highest BCUT2D eigenvalue weighted by molar-refractivity contribution is 7.99. The third-order valence-corrected chi connectivity index (χ3v) is 4.40. The van der Waals surface area contributed by atoms with Crippen molar-refractivity contribution in [2.45, 2.75) is 18.5 Å². The molecule has 0 saturated carbocycles. The van der Waals surface area contributed by atoms with E-state index in [0.717, 1.165) is 23.5 Å². The minimum atomic E-state index is -0.274. The van der Waals surface area contributed by atoms with Gasteiger partial charge in [0.25, 0.3) is 0 Å². The van der Waals surface area contributed by atoms with Gasteiger partial charge in [-0.05, 0) is 43.7 Å². The van der Waals surface area contributed by atoms with Crippen LogP contribution in [0.2, 0.25) is 0 Å². The number of thioether (sulfide) groups is 1. The van der Waals surface area contributed by atoms with Gasteiger partial charge in [0.2, 0.25) is 5.16 Å². The summed E-state index contributed by atoms with van der Waals surface area (Å²) >= 11 is 1.50. The summed E-state index contributed by atoms with van der Waals surface area (Å²) in [6.45, 7) is 2.38. The summed E-state index contributed by atoms with van der Waals surface area (Å²) in [4.78, 5) is 0. The molecule has 24 heavy (non-hydrogen) atoms. The summed E-state index contributed by atoms with van der Waals surface area (Å²) in [5.74, 6) is 8.53. The number of nitrogen functional groups attached to an aromatic ring is 1. The van der Waals surface area contributed by atoms with Gasteiger partial charge in [0.05, 0.1) is 18.4 Å². The second-order valence-corrected chi connectivity index (χ2v) is 6.13. The molecule has 2 aromatic heterocycles. The topological polar surface area (TPSA) is 79.1 Å². The van der Waals surface area contributed by atoms with Gasteiger partial charge in [0.1, 0.15) is 17.3 Å². The predicted molar refractivity (Wildman–Crippen MR) is 89.8 cm³/mol. The van der Waals surface area contributed by atoms with E-state index in [0.29, 0.717) is 23.3 Å².